The molecule has 0 saturated carbocycles. The highest BCUT2D eigenvalue weighted by molar-refractivity contribution is 5.97. The van der Waals surface area contributed by atoms with Gasteiger partial charge in [0.25, 0.3) is 0 Å². The molecule has 0 atom stereocenters. The van der Waals surface area contributed by atoms with Gasteiger partial charge in [0.1, 0.15) is 11.6 Å². The lowest BCUT2D eigenvalue weighted by molar-refractivity contribution is -0.138. The molecule has 0 unspecified atom stereocenters. The number of rotatable bonds is 11. The minimum atomic E-state index is -0.553. The van der Waals surface area contributed by atoms with Crippen LogP contribution in [0.1, 0.15) is 44.1 Å². The highest BCUT2D eigenvalue weighted by Crippen LogP contribution is 2.15. The predicted octanol–water partition coefficient (Wildman–Crippen LogP) is 3.50. The average Bonchev–Trinajstić information content (AvgIpc) is 2.62. The minimum absolute atomic E-state index is 0.0283. The number of hydrogen-bond donors (Lipinski definition) is 1. The molecule has 5 nitrogen and oxygen atoms in total. The first-order valence-corrected chi connectivity index (χ1v) is 8.85. The van der Waals surface area contributed by atoms with Gasteiger partial charge in [-0.05, 0) is 43.2 Å². The third kappa shape index (κ3) is 8.37. The summed E-state index contributed by atoms with van der Waals surface area (Å²) in [6, 6.07) is 9.56. The van der Waals surface area contributed by atoms with Crippen LogP contribution in [0, 0.1) is 11.3 Å². The van der Waals surface area contributed by atoms with Gasteiger partial charge in [-0.15, -0.1) is 0 Å². The molecule has 25 heavy (non-hydrogen) atoms. The molecule has 2 N–H and O–H groups in total. The summed E-state index contributed by atoms with van der Waals surface area (Å²) in [4.78, 5) is 14.0. The molecule has 1 aromatic rings. The molecule has 136 valence electrons. The average molecular weight is 343 g/mol. The summed E-state index contributed by atoms with van der Waals surface area (Å²) in [7, 11) is 3.92. The lowest BCUT2D eigenvalue weighted by atomic mass is 10.1. The maximum Gasteiger partial charge on any atom is 0.348 e. The van der Waals surface area contributed by atoms with Gasteiger partial charge in [0.15, 0.2) is 0 Å². The Labute approximate surface area is 151 Å². The summed E-state index contributed by atoms with van der Waals surface area (Å²) in [6.45, 7) is 1.10. The zero-order chi connectivity index (χ0) is 18.5. The Kier molecular flexibility index (Phi) is 10.0. The highest BCUT2D eigenvalue weighted by Gasteiger charge is 2.10. The van der Waals surface area contributed by atoms with E-state index < -0.39 is 5.97 Å². The van der Waals surface area contributed by atoms with Gasteiger partial charge >= 0.3 is 5.97 Å². The van der Waals surface area contributed by atoms with Gasteiger partial charge in [0, 0.05) is 19.8 Å². The number of ether oxygens (including phenoxy) is 1. The number of carbonyl (C=O) groups excluding carboxylic acids is 1. The smallest absolute Gasteiger partial charge is 0.348 e. The first-order chi connectivity index (χ1) is 12.1. The lowest BCUT2D eigenvalue weighted by Crippen LogP contribution is -2.08. The van der Waals surface area contributed by atoms with Crippen molar-refractivity contribution < 1.29 is 9.53 Å². The fraction of sp³-hybridized carbons (Fsp3) is 0.500. The summed E-state index contributed by atoms with van der Waals surface area (Å²) < 4.78 is 5.20. The number of nitrogens with zero attached hydrogens (tertiary/aromatic N) is 2. The number of esters is 1. The van der Waals surface area contributed by atoms with Crippen LogP contribution in [0.4, 0.5) is 5.69 Å². The number of nitrogens with two attached hydrogens (primary N) is 1. The predicted molar refractivity (Wildman–Crippen MR) is 102 cm³/mol. The molecule has 0 saturated heterocycles. The van der Waals surface area contributed by atoms with Crippen molar-refractivity contribution in [1.82, 2.24) is 0 Å². The zero-order valence-corrected chi connectivity index (χ0v) is 15.3. The maximum absolute atomic E-state index is 12.0. The third-order valence-electron chi connectivity index (χ3n) is 3.89. The van der Waals surface area contributed by atoms with Crippen molar-refractivity contribution in [1.29, 1.82) is 5.26 Å². The van der Waals surface area contributed by atoms with E-state index in [1.807, 2.05) is 49.3 Å². The highest BCUT2D eigenvalue weighted by atomic mass is 16.5. The van der Waals surface area contributed by atoms with Crippen LogP contribution in [0.15, 0.2) is 29.8 Å². The molecule has 0 heterocycles. The van der Waals surface area contributed by atoms with Crippen molar-refractivity contribution in [2.24, 2.45) is 5.73 Å². The van der Waals surface area contributed by atoms with Crippen LogP contribution < -0.4 is 10.6 Å². The van der Waals surface area contributed by atoms with Gasteiger partial charge in [-0.2, -0.15) is 5.26 Å². The van der Waals surface area contributed by atoms with Crippen molar-refractivity contribution in [2.75, 3.05) is 32.1 Å². The summed E-state index contributed by atoms with van der Waals surface area (Å²) in [5, 5.41) is 9.19. The van der Waals surface area contributed by atoms with Crippen LogP contribution in [0.5, 0.6) is 0 Å². The molecule has 1 aromatic carbocycles. The summed E-state index contributed by atoms with van der Waals surface area (Å²) in [6.07, 6.45) is 7.92. The van der Waals surface area contributed by atoms with Crippen LogP contribution >= 0.6 is 0 Å². The molecule has 0 aliphatic heterocycles. The largest absolute Gasteiger partial charge is 0.462 e. The molecular weight excluding hydrogens is 314 g/mol. The molecule has 0 spiro atoms. The first kappa shape index (κ1) is 20.7. The Balaban J connectivity index is 2.40. The molecule has 1 rings (SSSR count). The molecule has 0 radical (unpaired) electrons. The SMILES string of the molecule is CN(C)c1ccc(/C=C(\C#N)C(=O)OCCCCCCCCN)cc1. The second-order valence-corrected chi connectivity index (χ2v) is 6.20. The van der Waals surface area contributed by atoms with Gasteiger partial charge in [0.05, 0.1) is 6.61 Å². The zero-order valence-electron chi connectivity index (χ0n) is 15.3. The standard InChI is InChI=1S/C20H29N3O2/c1-23(2)19-11-9-17(10-12-19)15-18(16-22)20(24)25-14-8-6-4-3-5-7-13-21/h9-12,15H,3-8,13-14,21H2,1-2H3/b18-15+. The number of unbranched alkanes of at least 4 members (excludes halogenated alkanes) is 5. The quantitative estimate of drug-likeness (QED) is 0.288. The van der Waals surface area contributed by atoms with Crippen LogP contribution in [0.2, 0.25) is 0 Å². The molecular formula is C20H29N3O2. The molecule has 0 aromatic heterocycles. The normalized spacial score (nSPS) is 11.0. The van der Waals surface area contributed by atoms with Crippen molar-refractivity contribution in [2.45, 2.75) is 38.5 Å². The fourth-order valence-corrected chi connectivity index (χ4v) is 2.37. The van der Waals surface area contributed by atoms with Crippen LogP contribution in [0.25, 0.3) is 6.08 Å². The Hall–Kier alpha value is -2.32. The molecule has 0 aliphatic carbocycles. The summed E-state index contributed by atoms with van der Waals surface area (Å²) >= 11 is 0. The van der Waals surface area contributed by atoms with E-state index in [1.54, 1.807) is 6.08 Å². The van der Waals surface area contributed by atoms with E-state index in [4.69, 9.17) is 10.5 Å². The van der Waals surface area contributed by atoms with Crippen LogP contribution in [-0.4, -0.2) is 33.2 Å². The molecule has 5 heteroatoms. The summed E-state index contributed by atoms with van der Waals surface area (Å²) in [5.74, 6) is -0.553. The van der Waals surface area contributed by atoms with Gasteiger partial charge in [-0.25, -0.2) is 4.79 Å². The molecule has 0 amide bonds. The van der Waals surface area contributed by atoms with E-state index >= 15 is 0 Å². The second-order valence-electron chi connectivity index (χ2n) is 6.20. The Morgan fingerprint density at radius 3 is 2.28 bits per heavy atom. The van der Waals surface area contributed by atoms with Crippen molar-refractivity contribution in [3.63, 3.8) is 0 Å². The van der Waals surface area contributed by atoms with E-state index in [2.05, 4.69) is 0 Å². The van der Waals surface area contributed by atoms with Crippen molar-refractivity contribution in [3.05, 3.63) is 35.4 Å². The molecule has 0 aliphatic rings. The molecule has 0 bridgehead atoms. The van der Waals surface area contributed by atoms with E-state index in [-0.39, 0.29) is 5.57 Å². The number of anilines is 1. The summed E-state index contributed by atoms with van der Waals surface area (Å²) in [5.41, 5.74) is 7.34. The monoisotopic (exact) mass is 343 g/mol. The maximum atomic E-state index is 12.0. The number of benzene rings is 1. The number of carbonyl (C=O) groups is 1. The topological polar surface area (TPSA) is 79.3 Å². The van der Waals surface area contributed by atoms with Crippen LogP contribution in [0.3, 0.4) is 0 Å². The molecule has 0 fully saturated rings. The second kappa shape index (κ2) is 12.1. The van der Waals surface area contributed by atoms with Gasteiger partial charge < -0.3 is 15.4 Å². The van der Waals surface area contributed by atoms with Gasteiger partial charge in [0.2, 0.25) is 0 Å². The lowest BCUT2D eigenvalue weighted by Gasteiger charge is -2.11. The van der Waals surface area contributed by atoms with Crippen LogP contribution in [-0.2, 0) is 9.53 Å². The minimum Gasteiger partial charge on any atom is -0.462 e. The van der Waals surface area contributed by atoms with Gasteiger partial charge in [-0.1, -0.05) is 37.8 Å². The number of hydrogen-bond acceptors (Lipinski definition) is 5. The Morgan fingerprint density at radius 1 is 1.12 bits per heavy atom. The van der Waals surface area contributed by atoms with Crippen molar-refractivity contribution >= 4 is 17.7 Å². The van der Waals surface area contributed by atoms with E-state index in [9.17, 15) is 10.1 Å². The third-order valence-corrected chi connectivity index (χ3v) is 3.89. The van der Waals surface area contributed by atoms with E-state index in [0.717, 1.165) is 56.3 Å². The first-order valence-electron chi connectivity index (χ1n) is 8.85. The Bertz CT molecular complexity index is 586. The number of nitriles is 1. The van der Waals surface area contributed by atoms with Gasteiger partial charge in [-0.3, -0.25) is 0 Å². The van der Waals surface area contributed by atoms with E-state index in [0.29, 0.717) is 6.61 Å². The Morgan fingerprint density at radius 2 is 1.72 bits per heavy atom. The fourth-order valence-electron chi connectivity index (χ4n) is 2.37. The van der Waals surface area contributed by atoms with E-state index in [1.165, 1.54) is 0 Å². The van der Waals surface area contributed by atoms with Crippen molar-refractivity contribution in [3.8, 4) is 6.07 Å².